The second-order valence-electron chi connectivity index (χ2n) is 7.26. The van der Waals surface area contributed by atoms with Gasteiger partial charge in [0.2, 0.25) is 0 Å². The van der Waals surface area contributed by atoms with Gasteiger partial charge in [0.25, 0.3) is 0 Å². The van der Waals surface area contributed by atoms with Crippen LogP contribution in [0.1, 0.15) is 16.8 Å². The van der Waals surface area contributed by atoms with E-state index < -0.39 is 5.97 Å². The van der Waals surface area contributed by atoms with Crippen LogP contribution in [-0.2, 0) is 22.7 Å². The van der Waals surface area contributed by atoms with E-state index in [2.05, 4.69) is 4.98 Å². The first-order valence-corrected chi connectivity index (χ1v) is 10.2. The van der Waals surface area contributed by atoms with Crippen molar-refractivity contribution in [1.29, 1.82) is 0 Å². The number of hydrogen-bond acceptors (Lipinski definition) is 6. The van der Waals surface area contributed by atoms with Gasteiger partial charge in [-0.15, -0.1) is 0 Å². The van der Waals surface area contributed by atoms with E-state index >= 15 is 0 Å². The van der Waals surface area contributed by atoms with E-state index in [1.165, 1.54) is 0 Å². The Morgan fingerprint density at radius 2 is 1.53 bits per heavy atom. The summed E-state index contributed by atoms with van der Waals surface area (Å²) in [4.78, 5) is 27.2. The number of aromatic nitrogens is 1. The molecule has 0 unspecified atom stereocenters. The number of ether oxygens (including phenoxy) is 2. The Morgan fingerprint density at radius 3 is 2.22 bits per heavy atom. The van der Waals surface area contributed by atoms with Crippen molar-refractivity contribution in [3.63, 3.8) is 0 Å². The number of fused-ring (bicyclic) bond motifs is 1. The fourth-order valence-electron chi connectivity index (χ4n) is 3.29. The smallest absolute Gasteiger partial charge is 0.359 e. The molecule has 4 aromatic rings. The van der Waals surface area contributed by atoms with Crippen molar-refractivity contribution in [2.24, 2.45) is 0 Å². The van der Waals surface area contributed by atoms with Crippen LogP contribution in [0.4, 0.5) is 0 Å². The van der Waals surface area contributed by atoms with Crippen LogP contribution in [-0.4, -0.2) is 18.1 Å². The lowest BCUT2D eigenvalue weighted by Gasteiger charge is -2.14. The number of hydrogen-bond donors (Lipinski definition) is 0. The van der Waals surface area contributed by atoms with Crippen molar-refractivity contribution in [3.8, 4) is 17.2 Å². The minimum atomic E-state index is -0.492. The van der Waals surface area contributed by atoms with Crippen molar-refractivity contribution >= 4 is 16.9 Å². The maximum absolute atomic E-state index is 12.2. The summed E-state index contributed by atoms with van der Waals surface area (Å²) < 4.78 is 11.5. The largest absolute Gasteiger partial charge is 0.493 e. The molecule has 0 saturated carbocycles. The van der Waals surface area contributed by atoms with Crippen LogP contribution in [0.3, 0.4) is 0 Å². The third-order valence-corrected chi connectivity index (χ3v) is 4.84. The van der Waals surface area contributed by atoms with Crippen LogP contribution in [0.15, 0.2) is 78.9 Å². The minimum absolute atomic E-state index is 0.115. The minimum Gasteiger partial charge on any atom is -0.493 e. The van der Waals surface area contributed by atoms with E-state index in [1.54, 1.807) is 25.3 Å². The predicted molar refractivity (Wildman–Crippen MR) is 121 cm³/mol. The maximum atomic E-state index is 12.2. The molecule has 162 valence electrons. The van der Waals surface area contributed by atoms with Crippen LogP contribution in [0.2, 0.25) is 0 Å². The first-order valence-electron chi connectivity index (χ1n) is 10.2. The first-order chi connectivity index (χ1) is 15.6. The molecular formula is C26H23NO5. The van der Waals surface area contributed by atoms with Gasteiger partial charge in [0, 0.05) is 17.8 Å². The molecule has 6 nitrogen and oxygen atoms in total. The van der Waals surface area contributed by atoms with E-state index in [0.29, 0.717) is 40.5 Å². The Bertz CT molecular complexity index is 1210. The SMILES string of the molecule is COc1cc2c(OOC(=O)Cc3ccccc3)cc(C)nc2cc1OCc1ccccc1. The second kappa shape index (κ2) is 9.83. The number of carbonyl (C=O) groups excluding carboxylic acids is 1. The Kier molecular flexibility index (Phi) is 6.51. The van der Waals surface area contributed by atoms with E-state index in [1.807, 2.05) is 67.6 Å². The Hall–Kier alpha value is -4.06. The molecule has 1 aromatic heterocycles. The number of aryl methyl sites for hydroxylation is 1. The monoisotopic (exact) mass is 429 g/mol. The number of benzene rings is 3. The fraction of sp³-hybridized carbons (Fsp3) is 0.154. The van der Waals surface area contributed by atoms with E-state index in [9.17, 15) is 4.79 Å². The molecule has 0 atom stereocenters. The number of rotatable bonds is 8. The molecule has 0 radical (unpaired) electrons. The van der Waals surface area contributed by atoms with Gasteiger partial charge in [-0.05, 0) is 24.1 Å². The van der Waals surface area contributed by atoms with Crippen molar-refractivity contribution in [2.75, 3.05) is 7.11 Å². The molecule has 0 amide bonds. The molecule has 3 aromatic carbocycles. The van der Waals surface area contributed by atoms with Crippen LogP contribution in [0.25, 0.3) is 10.9 Å². The standard InChI is InChI=1S/C26H23NO5/c1-18-13-23(31-32-26(28)14-19-9-5-3-6-10-19)21-15-24(29-2)25(16-22(21)27-18)30-17-20-11-7-4-8-12-20/h3-13,15-16H,14,17H2,1-2H3. The summed E-state index contributed by atoms with van der Waals surface area (Å²) in [6, 6.07) is 24.5. The van der Waals surface area contributed by atoms with E-state index in [-0.39, 0.29) is 6.42 Å². The quantitative estimate of drug-likeness (QED) is 0.283. The molecule has 0 spiro atoms. The molecule has 4 rings (SSSR count). The van der Waals surface area contributed by atoms with Crippen LogP contribution in [0, 0.1) is 6.92 Å². The Balaban J connectivity index is 1.54. The van der Waals surface area contributed by atoms with Gasteiger partial charge in [0.05, 0.1) is 24.4 Å². The summed E-state index contributed by atoms with van der Waals surface area (Å²) in [5.74, 6) is 0.976. The molecule has 0 saturated heterocycles. The zero-order chi connectivity index (χ0) is 22.3. The zero-order valence-electron chi connectivity index (χ0n) is 17.9. The Labute approximate surface area is 186 Å². The van der Waals surface area contributed by atoms with Gasteiger partial charge in [0.1, 0.15) is 6.61 Å². The third kappa shape index (κ3) is 5.16. The molecule has 32 heavy (non-hydrogen) atoms. The number of methoxy groups -OCH3 is 1. The molecule has 0 aliphatic heterocycles. The molecule has 0 aliphatic carbocycles. The fourth-order valence-corrected chi connectivity index (χ4v) is 3.29. The average Bonchev–Trinajstić information content (AvgIpc) is 2.82. The highest BCUT2D eigenvalue weighted by Gasteiger charge is 2.15. The van der Waals surface area contributed by atoms with Crippen molar-refractivity contribution in [2.45, 2.75) is 20.0 Å². The summed E-state index contributed by atoms with van der Waals surface area (Å²) in [6.07, 6.45) is 0.115. The van der Waals surface area contributed by atoms with Gasteiger partial charge in [0.15, 0.2) is 17.2 Å². The van der Waals surface area contributed by atoms with Crippen LogP contribution >= 0.6 is 0 Å². The van der Waals surface area contributed by atoms with Crippen LogP contribution in [0.5, 0.6) is 17.2 Å². The highest BCUT2D eigenvalue weighted by molar-refractivity contribution is 5.88. The van der Waals surface area contributed by atoms with Gasteiger partial charge in [-0.1, -0.05) is 60.7 Å². The van der Waals surface area contributed by atoms with Gasteiger partial charge < -0.3 is 9.47 Å². The Morgan fingerprint density at radius 1 is 0.844 bits per heavy atom. The normalized spacial score (nSPS) is 10.6. The summed E-state index contributed by atoms with van der Waals surface area (Å²) in [7, 11) is 1.57. The summed E-state index contributed by atoms with van der Waals surface area (Å²) in [5.41, 5.74) is 3.24. The van der Waals surface area contributed by atoms with E-state index in [0.717, 1.165) is 11.1 Å². The molecular weight excluding hydrogens is 406 g/mol. The zero-order valence-corrected chi connectivity index (χ0v) is 17.9. The predicted octanol–water partition coefficient (Wildman–Crippen LogP) is 5.21. The molecule has 0 fully saturated rings. The topological polar surface area (TPSA) is 66.9 Å². The molecule has 0 bridgehead atoms. The van der Waals surface area contributed by atoms with Gasteiger partial charge in [-0.2, -0.15) is 0 Å². The maximum Gasteiger partial charge on any atom is 0.359 e. The second-order valence-corrected chi connectivity index (χ2v) is 7.26. The highest BCUT2D eigenvalue weighted by Crippen LogP contribution is 2.36. The van der Waals surface area contributed by atoms with Crippen molar-refractivity contribution < 1.29 is 24.0 Å². The summed E-state index contributed by atoms with van der Waals surface area (Å²) in [6.45, 7) is 2.24. The molecule has 1 heterocycles. The van der Waals surface area contributed by atoms with E-state index in [4.69, 9.17) is 19.2 Å². The highest BCUT2D eigenvalue weighted by atomic mass is 17.2. The average molecular weight is 429 g/mol. The molecule has 6 heteroatoms. The first kappa shape index (κ1) is 21.2. The van der Waals surface area contributed by atoms with Gasteiger partial charge >= 0.3 is 5.97 Å². The van der Waals surface area contributed by atoms with Crippen molar-refractivity contribution in [1.82, 2.24) is 4.98 Å². The number of nitrogens with zero attached hydrogens (tertiary/aromatic N) is 1. The van der Waals surface area contributed by atoms with Crippen molar-refractivity contribution in [3.05, 3.63) is 95.7 Å². The number of pyridine rings is 1. The summed E-state index contributed by atoms with van der Waals surface area (Å²) in [5, 5.41) is 0.645. The third-order valence-electron chi connectivity index (χ3n) is 4.84. The lowest BCUT2D eigenvalue weighted by atomic mass is 10.1. The molecule has 0 N–H and O–H groups in total. The lowest BCUT2D eigenvalue weighted by Crippen LogP contribution is -2.11. The number of carbonyl (C=O) groups is 1. The summed E-state index contributed by atoms with van der Waals surface area (Å²) >= 11 is 0. The van der Waals surface area contributed by atoms with Gasteiger partial charge in [-0.25, -0.2) is 4.79 Å². The molecule has 0 aliphatic rings. The lowest BCUT2D eigenvalue weighted by molar-refractivity contribution is -0.212. The van der Waals surface area contributed by atoms with Gasteiger partial charge in [-0.3, -0.25) is 14.8 Å². The van der Waals surface area contributed by atoms with Crippen LogP contribution < -0.4 is 14.4 Å².